The van der Waals surface area contributed by atoms with Crippen molar-refractivity contribution in [3.63, 3.8) is 0 Å². The van der Waals surface area contributed by atoms with E-state index in [1.807, 2.05) is 0 Å². The third-order valence-electron chi connectivity index (χ3n) is 2.67. The Bertz CT molecular complexity index is 449. The second-order valence-electron chi connectivity index (χ2n) is 3.92. The number of carboxylic acids is 1. The van der Waals surface area contributed by atoms with Crippen LogP contribution in [0.25, 0.3) is 0 Å². The number of allylic oxidation sites excluding steroid dienone is 1. The van der Waals surface area contributed by atoms with Gasteiger partial charge in [-0.3, -0.25) is 0 Å². The Kier molecular flexibility index (Phi) is 5.24. The monoisotopic (exact) mass is 252 g/mol. The molecule has 4 heteroatoms. The van der Waals surface area contributed by atoms with Gasteiger partial charge in [0, 0.05) is 0 Å². The van der Waals surface area contributed by atoms with Gasteiger partial charge in [-0.15, -0.1) is 6.58 Å². The van der Waals surface area contributed by atoms with E-state index in [0.717, 1.165) is 5.56 Å². The zero-order chi connectivity index (χ0) is 13.5. The maximum Gasteiger partial charge on any atom is 0.333 e. The van der Waals surface area contributed by atoms with Gasteiger partial charge in [-0.05, 0) is 36.5 Å². The fraction of sp³-hybridized carbons (Fsp3) is 0.214. The van der Waals surface area contributed by atoms with Crippen LogP contribution >= 0.6 is 0 Å². The minimum Gasteiger partial charge on any atom is -0.478 e. The first-order valence-corrected chi connectivity index (χ1v) is 5.47. The Morgan fingerprint density at radius 1 is 1.39 bits per heavy atom. The lowest BCUT2D eigenvalue weighted by molar-refractivity contribution is -0.132. The molecule has 0 saturated heterocycles. The number of benzene rings is 1. The normalized spacial score (nSPS) is 13.1. The maximum absolute atomic E-state index is 12.8. The van der Waals surface area contributed by atoms with Crippen molar-refractivity contribution in [2.24, 2.45) is 0 Å². The molecule has 1 atom stereocenters. The van der Waals surface area contributed by atoms with Crippen molar-refractivity contribution in [2.75, 3.05) is 0 Å². The van der Waals surface area contributed by atoms with E-state index >= 15 is 0 Å². The largest absolute Gasteiger partial charge is 0.478 e. The van der Waals surface area contributed by atoms with Gasteiger partial charge in [-0.1, -0.05) is 18.2 Å². The van der Waals surface area contributed by atoms with Crippen molar-refractivity contribution >= 4 is 5.97 Å². The minimum atomic E-state index is -1.28. The van der Waals surface area contributed by atoms with Crippen LogP contribution in [-0.4, -0.2) is 11.1 Å². The van der Waals surface area contributed by atoms with Crippen LogP contribution < -0.4 is 0 Å². The molecule has 0 fully saturated rings. The van der Waals surface area contributed by atoms with E-state index in [1.54, 1.807) is 18.2 Å². The molecule has 0 spiro atoms. The van der Waals surface area contributed by atoms with Gasteiger partial charge < -0.3 is 5.11 Å². The van der Waals surface area contributed by atoms with Crippen molar-refractivity contribution < 1.29 is 18.7 Å². The van der Waals surface area contributed by atoms with Gasteiger partial charge in [-0.2, -0.15) is 0 Å². The molecule has 0 aliphatic rings. The lowest BCUT2D eigenvalue weighted by Crippen LogP contribution is -2.06. The van der Waals surface area contributed by atoms with Gasteiger partial charge in [0.1, 0.15) is 5.82 Å². The van der Waals surface area contributed by atoms with E-state index in [2.05, 4.69) is 6.58 Å². The van der Waals surface area contributed by atoms with Crippen molar-refractivity contribution in [1.82, 2.24) is 0 Å². The van der Waals surface area contributed by atoms with Crippen LogP contribution in [0.2, 0.25) is 0 Å². The van der Waals surface area contributed by atoms with Gasteiger partial charge in [-0.25, -0.2) is 13.6 Å². The summed E-state index contributed by atoms with van der Waals surface area (Å²) in [6.07, 6.45) is 2.27. The van der Waals surface area contributed by atoms with Gasteiger partial charge in [0.05, 0.1) is 11.9 Å². The molecule has 0 aromatic heterocycles. The summed E-state index contributed by atoms with van der Waals surface area (Å²) in [6, 6.07) is 5.73. The molecule has 0 heterocycles. The Hall–Kier alpha value is -1.97. The van der Waals surface area contributed by atoms with Crippen LogP contribution in [0.1, 0.15) is 24.3 Å². The number of carbonyl (C=O) groups is 1. The molecule has 0 amide bonds. The number of aliphatic carboxylic acids is 1. The molecule has 0 saturated carbocycles. The van der Waals surface area contributed by atoms with Gasteiger partial charge >= 0.3 is 5.97 Å². The lowest BCUT2D eigenvalue weighted by atomic mass is 9.89. The van der Waals surface area contributed by atoms with Crippen LogP contribution in [0.5, 0.6) is 0 Å². The maximum atomic E-state index is 12.8. The highest BCUT2D eigenvalue weighted by Crippen LogP contribution is 2.27. The summed E-state index contributed by atoms with van der Waals surface area (Å²) in [5, 5.41) is 8.79. The Labute approximate surface area is 104 Å². The number of hydrogen-bond acceptors (Lipinski definition) is 1. The quantitative estimate of drug-likeness (QED) is 0.617. The van der Waals surface area contributed by atoms with E-state index in [0.29, 0.717) is 6.42 Å². The van der Waals surface area contributed by atoms with E-state index < -0.39 is 5.97 Å². The first-order chi connectivity index (χ1) is 8.58. The third kappa shape index (κ3) is 3.80. The molecule has 0 aliphatic carbocycles. The predicted molar refractivity (Wildman–Crippen MR) is 65.4 cm³/mol. The average molecular weight is 252 g/mol. The van der Waals surface area contributed by atoms with Crippen LogP contribution in [-0.2, 0) is 4.79 Å². The number of hydrogen-bond donors (Lipinski definition) is 1. The highest BCUT2D eigenvalue weighted by atomic mass is 19.1. The van der Waals surface area contributed by atoms with Crippen LogP contribution in [0.4, 0.5) is 8.78 Å². The van der Waals surface area contributed by atoms with Crippen molar-refractivity contribution in [1.29, 1.82) is 0 Å². The molecule has 1 aromatic carbocycles. The average Bonchev–Trinajstić information content (AvgIpc) is 2.35. The predicted octanol–water partition coefficient (Wildman–Crippen LogP) is 3.81. The van der Waals surface area contributed by atoms with Crippen molar-refractivity contribution in [3.8, 4) is 0 Å². The summed E-state index contributed by atoms with van der Waals surface area (Å²) in [6.45, 7) is 3.59. The third-order valence-corrected chi connectivity index (χ3v) is 2.67. The summed E-state index contributed by atoms with van der Waals surface area (Å²) in [7, 11) is 0. The summed E-state index contributed by atoms with van der Waals surface area (Å²) in [5.74, 6) is -1.87. The van der Waals surface area contributed by atoms with Crippen LogP contribution in [0.15, 0.2) is 48.8 Å². The van der Waals surface area contributed by atoms with Crippen LogP contribution in [0, 0.1) is 5.82 Å². The number of halogens is 2. The van der Waals surface area contributed by atoms with Gasteiger partial charge in [0.15, 0.2) is 0 Å². The lowest BCUT2D eigenvalue weighted by Gasteiger charge is -2.15. The number of carboxylic acid groups (broad SMARTS) is 1. The fourth-order valence-corrected chi connectivity index (χ4v) is 1.72. The second-order valence-corrected chi connectivity index (χ2v) is 3.92. The zero-order valence-electron chi connectivity index (χ0n) is 9.77. The molecular formula is C14H14F2O2. The zero-order valence-corrected chi connectivity index (χ0v) is 9.77. The molecular weight excluding hydrogens is 238 g/mol. The van der Waals surface area contributed by atoms with E-state index in [9.17, 15) is 13.6 Å². The Morgan fingerprint density at radius 2 is 2.00 bits per heavy atom. The SMILES string of the molecule is C=CCC(C/C(=C/F)C(=O)O)c1ccc(F)cc1. The first-order valence-electron chi connectivity index (χ1n) is 5.47. The summed E-state index contributed by atoms with van der Waals surface area (Å²) < 4.78 is 25.3. The summed E-state index contributed by atoms with van der Waals surface area (Å²) >= 11 is 0. The second kappa shape index (κ2) is 6.69. The van der Waals surface area contributed by atoms with Gasteiger partial charge in [0.25, 0.3) is 0 Å². The molecule has 1 aromatic rings. The van der Waals surface area contributed by atoms with Gasteiger partial charge in [0.2, 0.25) is 0 Å². The highest BCUT2D eigenvalue weighted by Gasteiger charge is 2.17. The molecule has 1 unspecified atom stereocenters. The summed E-state index contributed by atoms with van der Waals surface area (Å²) in [4.78, 5) is 10.8. The molecule has 0 bridgehead atoms. The molecule has 0 aliphatic heterocycles. The Balaban J connectivity index is 2.92. The summed E-state index contributed by atoms with van der Waals surface area (Å²) in [5.41, 5.74) is 0.461. The molecule has 0 radical (unpaired) electrons. The standard InChI is InChI=1S/C14H14F2O2/c1-2-3-11(8-12(9-15)14(17)18)10-4-6-13(16)7-5-10/h2,4-7,9,11H,1,3,8H2,(H,17,18)/b12-9-. The van der Waals surface area contributed by atoms with Crippen molar-refractivity contribution in [3.05, 3.63) is 60.2 Å². The van der Waals surface area contributed by atoms with Crippen molar-refractivity contribution in [2.45, 2.75) is 18.8 Å². The fourth-order valence-electron chi connectivity index (χ4n) is 1.72. The van der Waals surface area contributed by atoms with Crippen LogP contribution in [0.3, 0.4) is 0 Å². The van der Waals surface area contributed by atoms with E-state index in [-0.39, 0.29) is 30.1 Å². The topological polar surface area (TPSA) is 37.3 Å². The molecule has 1 rings (SSSR count). The first kappa shape index (κ1) is 14.1. The van der Waals surface area contributed by atoms with E-state index in [4.69, 9.17) is 5.11 Å². The number of rotatable bonds is 6. The Morgan fingerprint density at radius 3 is 2.44 bits per heavy atom. The minimum absolute atomic E-state index is 0.0451. The molecule has 18 heavy (non-hydrogen) atoms. The smallest absolute Gasteiger partial charge is 0.333 e. The molecule has 2 nitrogen and oxygen atoms in total. The van der Waals surface area contributed by atoms with E-state index in [1.165, 1.54) is 12.1 Å². The molecule has 1 N–H and O–H groups in total. The highest BCUT2D eigenvalue weighted by molar-refractivity contribution is 5.86. The molecule has 96 valence electrons.